The van der Waals surface area contributed by atoms with E-state index in [4.69, 9.17) is 25.8 Å². The number of alkyl carbamates (subject to hydrolysis) is 1. The number of methoxy groups -OCH3 is 1. The third kappa shape index (κ3) is 13.5. The molecule has 0 saturated carbocycles. The number of rotatable bonds is 15. The topological polar surface area (TPSA) is 127 Å². The van der Waals surface area contributed by atoms with Gasteiger partial charge in [0, 0.05) is 71.5 Å². The first kappa shape index (κ1) is 37.1. The normalized spacial score (nSPS) is 21.7. The Morgan fingerprint density at radius 3 is 2.69 bits per heavy atom. The number of ether oxygens (including phenoxy) is 4. The molecule has 3 amide bonds. The lowest BCUT2D eigenvalue weighted by molar-refractivity contribution is -0.127. The molecule has 2 aliphatic rings. The number of piperidine rings is 1. The molecule has 0 aliphatic carbocycles. The zero-order valence-corrected chi connectivity index (χ0v) is 29.3. The first-order chi connectivity index (χ1) is 21.4. The van der Waals surface area contributed by atoms with Gasteiger partial charge in [0.15, 0.2) is 0 Å². The molecule has 2 saturated heterocycles. The molecule has 254 valence electrons. The highest BCUT2D eigenvalue weighted by molar-refractivity contribution is 6.76. The lowest BCUT2D eigenvalue weighted by Gasteiger charge is -2.36. The van der Waals surface area contributed by atoms with Crippen molar-refractivity contribution in [3.63, 3.8) is 0 Å². The highest BCUT2D eigenvalue weighted by atomic mass is 35.5. The van der Waals surface area contributed by atoms with Gasteiger partial charge >= 0.3 is 12.2 Å². The number of carbonyl (C=O) groups excluding carboxylic acids is 3. The third-order valence-corrected chi connectivity index (χ3v) is 10.3. The molecule has 2 fully saturated rings. The minimum absolute atomic E-state index is 0.0136. The minimum atomic E-state index is -1.33. The van der Waals surface area contributed by atoms with Crippen molar-refractivity contribution in [3.05, 3.63) is 34.9 Å². The average Bonchev–Trinajstić information content (AvgIpc) is 3.00. The van der Waals surface area contributed by atoms with Crippen molar-refractivity contribution < 1.29 is 33.3 Å². The molecule has 1 aromatic rings. The number of hydrogen-bond donors (Lipinski definition) is 3. The lowest BCUT2D eigenvalue weighted by Crippen LogP contribution is -2.51. The van der Waals surface area contributed by atoms with Gasteiger partial charge in [0.2, 0.25) is 5.91 Å². The number of likely N-dealkylation sites (N-methyl/N-ethyl adjacent to an activating group) is 1. The summed E-state index contributed by atoms with van der Waals surface area (Å²) in [5.74, 6) is -0.0370. The maximum Gasteiger partial charge on any atom is 0.409 e. The summed E-state index contributed by atoms with van der Waals surface area (Å²) in [6.07, 6.45) is 2.14. The molecule has 2 aliphatic heterocycles. The van der Waals surface area contributed by atoms with Crippen LogP contribution in [0.2, 0.25) is 30.7 Å². The molecule has 5 atom stereocenters. The molecule has 3 N–H and O–H groups in total. The predicted octanol–water partition coefficient (Wildman–Crippen LogP) is 4.69. The first-order valence-corrected chi connectivity index (χ1v) is 20.2. The van der Waals surface area contributed by atoms with Crippen molar-refractivity contribution in [1.29, 1.82) is 0 Å². The van der Waals surface area contributed by atoms with E-state index in [0.29, 0.717) is 50.2 Å². The number of nitrogens with one attached hydrogen (secondary N) is 3. The second-order valence-electron chi connectivity index (χ2n) is 13.4. The van der Waals surface area contributed by atoms with Gasteiger partial charge in [0.05, 0.1) is 32.3 Å². The van der Waals surface area contributed by atoms with E-state index in [9.17, 15) is 14.4 Å². The molecular weight excluding hydrogens is 616 g/mol. The Kier molecular flexibility index (Phi) is 15.4. The Morgan fingerprint density at radius 1 is 1.20 bits per heavy atom. The van der Waals surface area contributed by atoms with E-state index in [-0.39, 0.29) is 49.1 Å². The van der Waals surface area contributed by atoms with E-state index >= 15 is 0 Å². The molecule has 13 heteroatoms. The highest BCUT2D eigenvalue weighted by Gasteiger charge is 2.35. The first-order valence-electron chi connectivity index (χ1n) is 16.1. The van der Waals surface area contributed by atoms with Crippen molar-refractivity contribution in [1.82, 2.24) is 20.9 Å². The summed E-state index contributed by atoms with van der Waals surface area (Å²) in [5, 5.41) is 9.95. The maximum absolute atomic E-state index is 13.8. The van der Waals surface area contributed by atoms with Gasteiger partial charge < -0.3 is 39.8 Å². The van der Waals surface area contributed by atoms with Gasteiger partial charge in [-0.05, 0) is 55.3 Å². The molecular formula is C32H53ClN4O7Si. The van der Waals surface area contributed by atoms with Gasteiger partial charge in [0.1, 0.15) is 0 Å². The van der Waals surface area contributed by atoms with Crippen LogP contribution in [-0.4, -0.2) is 104 Å². The van der Waals surface area contributed by atoms with Crippen molar-refractivity contribution in [3.8, 4) is 0 Å². The second-order valence-corrected chi connectivity index (χ2v) is 19.5. The van der Waals surface area contributed by atoms with Crippen molar-refractivity contribution in [2.45, 2.75) is 63.5 Å². The Bertz CT molecular complexity index is 1090. The molecule has 11 nitrogen and oxygen atoms in total. The zero-order chi connectivity index (χ0) is 32.8. The van der Waals surface area contributed by atoms with Crippen LogP contribution in [0.1, 0.15) is 37.4 Å². The molecule has 2 heterocycles. The van der Waals surface area contributed by atoms with Gasteiger partial charge in [-0.1, -0.05) is 43.4 Å². The average molecular weight is 669 g/mol. The van der Waals surface area contributed by atoms with Gasteiger partial charge in [0.25, 0.3) is 0 Å². The molecule has 2 unspecified atom stereocenters. The smallest absolute Gasteiger partial charge is 0.409 e. The quantitative estimate of drug-likeness (QED) is 0.182. The number of carbonyl (C=O) groups is 3. The summed E-state index contributed by atoms with van der Waals surface area (Å²) in [7, 11) is 1.72. The van der Waals surface area contributed by atoms with E-state index in [1.807, 2.05) is 24.3 Å². The Balaban J connectivity index is 1.66. The van der Waals surface area contributed by atoms with Gasteiger partial charge in [-0.2, -0.15) is 0 Å². The SMILES string of the molecule is COC(=O)NCCO[C@@H](c1cccc(Cl)c1)C1CNCC(C(=O)N[C@H](C[C@H]2CCCOC2)CN(C)C(=O)OCC[Si](C)(C)C)C1. The highest BCUT2D eigenvalue weighted by Crippen LogP contribution is 2.34. The summed E-state index contributed by atoms with van der Waals surface area (Å²) in [5.41, 5.74) is 0.915. The van der Waals surface area contributed by atoms with Crippen LogP contribution in [0.4, 0.5) is 9.59 Å². The Hall–Kier alpha value is -2.38. The van der Waals surface area contributed by atoms with Crippen LogP contribution in [0.15, 0.2) is 24.3 Å². The molecule has 0 spiro atoms. The Labute approximate surface area is 274 Å². The standard InChI is InChI=1S/C32H53ClN4O7Si/c1-37(32(40)44-14-15-45(3,4)5)21-28(16-23-8-7-12-42-22-23)36-30(38)26-17-25(19-34-20-26)29(24-9-6-10-27(33)18-24)43-13-11-35-31(39)41-2/h6,9-10,18,23,25-26,28-29,34H,7-8,11-17,19-22H2,1-5H3,(H,35,39)(H,36,38)/t23-,25?,26?,28-,29+/m1/s1. The predicted molar refractivity (Wildman–Crippen MR) is 177 cm³/mol. The third-order valence-electron chi connectivity index (χ3n) is 8.32. The van der Waals surface area contributed by atoms with Crippen LogP contribution in [0, 0.1) is 17.8 Å². The minimum Gasteiger partial charge on any atom is -0.453 e. The van der Waals surface area contributed by atoms with Crippen LogP contribution in [0.5, 0.6) is 0 Å². The van der Waals surface area contributed by atoms with Crippen LogP contribution >= 0.6 is 11.6 Å². The van der Waals surface area contributed by atoms with E-state index in [2.05, 4.69) is 40.3 Å². The van der Waals surface area contributed by atoms with E-state index < -0.39 is 14.2 Å². The number of halogens is 1. The van der Waals surface area contributed by atoms with Gasteiger partial charge in [-0.25, -0.2) is 9.59 Å². The van der Waals surface area contributed by atoms with Crippen LogP contribution in [0.25, 0.3) is 0 Å². The molecule has 45 heavy (non-hydrogen) atoms. The summed E-state index contributed by atoms with van der Waals surface area (Å²) in [6, 6.07) is 8.21. The largest absolute Gasteiger partial charge is 0.453 e. The van der Waals surface area contributed by atoms with Crippen molar-refractivity contribution in [2.75, 3.05) is 66.8 Å². The van der Waals surface area contributed by atoms with Crippen LogP contribution < -0.4 is 16.0 Å². The molecule has 3 rings (SSSR count). The summed E-state index contributed by atoms with van der Waals surface area (Å²) >= 11 is 6.32. The fourth-order valence-corrected chi connectivity index (χ4v) is 6.77. The summed E-state index contributed by atoms with van der Waals surface area (Å²) in [4.78, 5) is 39.6. The lowest BCUT2D eigenvalue weighted by atomic mass is 9.83. The number of amides is 3. The van der Waals surface area contributed by atoms with Crippen LogP contribution in [0.3, 0.4) is 0 Å². The van der Waals surface area contributed by atoms with E-state index in [0.717, 1.165) is 37.5 Å². The molecule has 0 radical (unpaired) electrons. The van der Waals surface area contributed by atoms with E-state index in [1.54, 1.807) is 11.9 Å². The second kappa shape index (κ2) is 18.7. The fourth-order valence-electron chi connectivity index (χ4n) is 5.86. The zero-order valence-electron chi connectivity index (χ0n) is 27.6. The number of hydrogen-bond acceptors (Lipinski definition) is 8. The molecule has 0 aromatic heterocycles. The van der Waals surface area contributed by atoms with Gasteiger partial charge in [-0.3, -0.25) is 4.79 Å². The number of nitrogens with zero attached hydrogens (tertiary/aromatic N) is 1. The maximum atomic E-state index is 13.8. The van der Waals surface area contributed by atoms with Gasteiger partial charge in [-0.15, -0.1) is 0 Å². The van der Waals surface area contributed by atoms with Crippen molar-refractivity contribution >= 4 is 37.8 Å². The van der Waals surface area contributed by atoms with E-state index in [1.165, 1.54) is 7.11 Å². The summed E-state index contributed by atoms with van der Waals surface area (Å²) in [6.45, 7) is 10.7. The number of benzene rings is 1. The summed E-state index contributed by atoms with van der Waals surface area (Å²) < 4.78 is 22.2. The van der Waals surface area contributed by atoms with Crippen molar-refractivity contribution in [2.24, 2.45) is 17.8 Å². The monoisotopic (exact) mass is 668 g/mol. The molecule has 1 aromatic carbocycles. The Morgan fingerprint density at radius 2 is 2.00 bits per heavy atom. The van der Waals surface area contributed by atoms with Crippen LogP contribution in [-0.2, 0) is 23.7 Å². The molecule has 0 bridgehead atoms. The fraction of sp³-hybridized carbons (Fsp3) is 0.719.